The van der Waals surface area contributed by atoms with Crippen LogP contribution in [0.25, 0.3) is 0 Å². The minimum atomic E-state index is 0.711. The number of piperazine rings is 1. The Bertz CT molecular complexity index is 581. The maximum atomic E-state index is 6.05. The van der Waals surface area contributed by atoms with Gasteiger partial charge in [0.05, 0.1) is 11.4 Å². The Labute approximate surface area is 123 Å². The highest BCUT2D eigenvalue weighted by atomic mass is 35.5. The molecule has 6 heteroatoms. The normalized spacial score (nSPS) is 15.4. The molecule has 5 nitrogen and oxygen atoms in total. The largest absolute Gasteiger partial charge is 0.397 e. The molecule has 1 aliphatic heterocycles. The molecule has 104 valence electrons. The van der Waals surface area contributed by atoms with Crippen LogP contribution in [0.1, 0.15) is 0 Å². The van der Waals surface area contributed by atoms with E-state index in [9.17, 15) is 0 Å². The molecule has 0 amide bonds. The molecule has 0 unspecified atom stereocenters. The zero-order chi connectivity index (χ0) is 13.9. The molecule has 1 aromatic heterocycles. The average molecular weight is 290 g/mol. The molecular formula is C14H16ClN5. The zero-order valence-electron chi connectivity index (χ0n) is 11.0. The molecule has 2 aromatic rings. The Hall–Kier alpha value is -2.01. The molecule has 0 radical (unpaired) electrons. The van der Waals surface area contributed by atoms with Gasteiger partial charge in [0.25, 0.3) is 0 Å². The first-order chi connectivity index (χ1) is 9.74. The summed E-state index contributed by atoms with van der Waals surface area (Å²) < 4.78 is 0. The van der Waals surface area contributed by atoms with Gasteiger partial charge in [0.15, 0.2) is 0 Å². The van der Waals surface area contributed by atoms with Gasteiger partial charge >= 0.3 is 0 Å². The third kappa shape index (κ3) is 2.63. The smallest absolute Gasteiger partial charge is 0.225 e. The first kappa shape index (κ1) is 13.0. The van der Waals surface area contributed by atoms with E-state index in [1.165, 1.54) is 0 Å². The Morgan fingerprint density at radius 3 is 2.35 bits per heavy atom. The predicted molar refractivity (Wildman–Crippen MR) is 82.3 cm³/mol. The van der Waals surface area contributed by atoms with Crippen molar-refractivity contribution in [1.29, 1.82) is 0 Å². The number of hydrogen-bond donors (Lipinski definition) is 1. The van der Waals surface area contributed by atoms with Crippen LogP contribution in [0, 0.1) is 0 Å². The summed E-state index contributed by atoms with van der Waals surface area (Å²) in [5.41, 5.74) is 7.80. The van der Waals surface area contributed by atoms with Crippen molar-refractivity contribution in [2.45, 2.75) is 0 Å². The number of nitrogens with two attached hydrogens (primary N) is 1. The van der Waals surface area contributed by atoms with Crippen molar-refractivity contribution < 1.29 is 0 Å². The lowest BCUT2D eigenvalue weighted by Crippen LogP contribution is -2.47. The fourth-order valence-corrected chi connectivity index (χ4v) is 2.56. The molecule has 0 bridgehead atoms. The Balaban J connectivity index is 1.71. The molecular weight excluding hydrogens is 274 g/mol. The lowest BCUT2D eigenvalue weighted by molar-refractivity contribution is 0.640. The molecule has 20 heavy (non-hydrogen) atoms. The summed E-state index contributed by atoms with van der Waals surface area (Å²) in [5.74, 6) is 0.784. The fourth-order valence-electron chi connectivity index (χ4n) is 2.39. The second-order valence-electron chi connectivity index (χ2n) is 4.73. The highest BCUT2D eigenvalue weighted by Gasteiger charge is 2.20. The maximum Gasteiger partial charge on any atom is 0.225 e. The van der Waals surface area contributed by atoms with E-state index in [1.54, 1.807) is 12.4 Å². The van der Waals surface area contributed by atoms with E-state index < -0.39 is 0 Å². The van der Waals surface area contributed by atoms with Gasteiger partial charge in [0.2, 0.25) is 5.95 Å². The van der Waals surface area contributed by atoms with E-state index in [2.05, 4.69) is 19.8 Å². The lowest BCUT2D eigenvalue weighted by Gasteiger charge is -2.36. The monoisotopic (exact) mass is 289 g/mol. The number of aromatic nitrogens is 2. The van der Waals surface area contributed by atoms with Crippen LogP contribution in [0.3, 0.4) is 0 Å². The van der Waals surface area contributed by atoms with Crippen molar-refractivity contribution >= 4 is 28.9 Å². The molecule has 0 atom stereocenters. The van der Waals surface area contributed by atoms with E-state index in [-0.39, 0.29) is 0 Å². The standard InChI is InChI=1S/C14H16ClN5/c15-11-2-3-12(16)13(10-11)19-6-8-20(9-7-19)14-17-4-1-5-18-14/h1-5,10H,6-9,16H2. The molecule has 1 aliphatic rings. The molecule has 3 rings (SSSR count). The molecule has 0 spiro atoms. The molecule has 0 aliphatic carbocycles. The van der Waals surface area contributed by atoms with Crippen molar-refractivity contribution in [2.24, 2.45) is 0 Å². The minimum absolute atomic E-state index is 0.711. The highest BCUT2D eigenvalue weighted by Crippen LogP contribution is 2.28. The van der Waals surface area contributed by atoms with Crippen molar-refractivity contribution in [3.05, 3.63) is 41.7 Å². The van der Waals surface area contributed by atoms with Gasteiger partial charge in [-0.05, 0) is 24.3 Å². The van der Waals surface area contributed by atoms with Crippen LogP contribution >= 0.6 is 11.6 Å². The van der Waals surface area contributed by atoms with E-state index in [0.717, 1.165) is 43.5 Å². The van der Waals surface area contributed by atoms with Gasteiger partial charge in [-0.25, -0.2) is 9.97 Å². The number of nitrogen functional groups attached to an aromatic ring is 1. The number of rotatable bonds is 2. The topological polar surface area (TPSA) is 58.3 Å². The number of nitrogens with zero attached hydrogens (tertiary/aromatic N) is 4. The van der Waals surface area contributed by atoms with Crippen molar-refractivity contribution in [1.82, 2.24) is 9.97 Å². The number of benzene rings is 1. The number of halogens is 1. The lowest BCUT2D eigenvalue weighted by atomic mass is 10.2. The van der Waals surface area contributed by atoms with Crippen LogP contribution < -0.4 is 15.5 Å². The summed E-state index contributed by atoms with van der Waals surface area (Å²) in [5, 5.41) is 0.711. The van der Waals surface area contributed by atoms with Crippen LogP contribution in [0.2, 0.25) is 5.02 Å². The fraction of sp³-hybridized carbons (Fsp3) is 0.286. The van der Waals surface area contributed by atoms with Gasteiger partial charge in [-0.1, -0.05) is 11.6 Å². The van der Waals surface area contributed by atoms with Crippen LogP contribution in [-0.2, 0) is 0 Å². The van der Waals surface area contributed by atoms with E-state index in [4.69, 9.17) is 17.3 Å². The molecule has 1 aromatic carbocycles. The molecule has 0 saturated carbocycles. The SMILES string of the molecule is Nc1ccc(Cl)cc1N1CCN(c2ncccn2)CC1. The Morgan fingerprint density at radius 1 is 1.00 bits per heavy atom. The summed E-state index contributed by atoms with van der Waals surface area (Å²) in [6.07, 6.45) is 3.54. The number of anilines is 3. The van der Waals surface area contributed by atoms with Gasteiger partial charge in [-0.15, -0.1) is 0 Å². The summed E-state index contributed by atoms with van der Waals surface area (Å²) in [6.45, 7) is 3.50. The van der Waals surface area contributed by atoms with Gasteiger partial charge in [0.1, 0.15) is 0 Å². The second kappa shape index (κ2) is 5.54. The molecule has 2 heterocycles. The van der Waals surface area contributed by atoms with Crippen LogP contribution in [0.5, 0.6) is 0 Å². The van der Waals surface area contributed by atoms with E-state index in [1.807, 2.05) is 24.3 Å². The third-order valence-corrected chi connectivity index (χ3v) is 3.68. The van der Waals surface area contributed by atoms with Crippen molar-refractivity contribution in [2.75, 3.05) is 41.7 Å². The predicted octanol–water partition coefficient (Wildman–Crippen LogP) is 2.04. The van der Waals surface area contributed by atoms with Crippen LogP contribution in [0.15, 0.2) is 36.7 Å². The van der Waals surface area contributed by atoms with Gasteiger partial charge in [-0.3, -0.25) is 0 Å². The molecule has 1 fully saturated rings. The van der Waals surface area contributed by atoms with E-state index >= 15 is 0 Å². The Morgan fingerprint density at radius 2 is 1.65 bits per heavy atom. The van der Waals surface area contributed by atoms with Gasteiger partial charge in [-0.2, -0.15) is 0 Å². The van der Waals surface area contributed by atoms with Gasteiger partial charge < -0.3 is 15.5 Å². The highest BCUT2D eigenvalue weighted by molar-refractivity contribution is 6.31. The van der Waals surface area contributed by atoms with Crippen molar-refractivity contribution in [3.8, 4) is 0 Å². The van der Waals surface area contributed by atoms with Crippen molar-refractivity contribution in [3.63, 3.8) is 0 Å². The maximum absolute atomic E-state index is 6.05. The molecule has 1 saturated heterocycles. The Kier molecular flexibility index (Phi) is 3.60. The second-order valence-corrected chi connectivity index (χ2v) is 5.16. The van der Waals surface area contributed by atoms with Gasteiger partial charge in [0, 0.05) is 43.6 Å². The summed E-state index contributed by atoms with van der Waals surface area (Å²) in [7, 11) is 0. The van der Waals surface area contributed by atoms with Crippen LogP contribution in [-0.4, -0.2) is 36.1 Å². The first-order valence-corrected chi connectivity index (χ1v) is 6.94. The third-order valence-electron chi connectivity index (χ3n) is 3.45. The average Bonchev–Trinajstić information content (AvgIpc) is 2.51. The zero-order valence-corrected chi connectivity index (χ0v) is 11.8. The van der Waals surface area contributed by atoms with E-state index in [0.29, 0.717) is 5.02 Å². The summed E-state index contributed by atoms with van der Waals surface area (Å²) in [4.78, 5) is 13.0. The van der Waals surface area contributed by atoms with Crippen LogP contribution in [0.4, 0.5) is 17.3 Å². The minimum Gasteiger partial charge on any atom is -0.397 e. The number of hydrogen-bond acceptors (Lipinski definition) is 5. The molecule has 2 N–H and O–H groups in total. The first-order valence-electron chi connectivity index (χ1n) is 6.56. The quantitative estimate of drug-likeness (QED) is 0.858. The summed E-state index contributed by atoms with van der Waals surface area (Å²) in [6, 6.07) is 7.41. The summed E-state index contributed by atoms with van der Waals surface area (Å²) >= 11 is 6.05.